The van der Waals surface area contributed by atoms with Gasteiger partial charge in [-0.25, -0.2) is 8.78 Å². The molecule has 0 bridgehead atoms. The number of rotatable bonds is 5. The predicted octanol–water partition coefficient (Wildman–Crippen LogP) is 2.05. The van der Waals surface area contributed by atoms with E-state index >= 15 is 0 Å². The van der Waals surface area contributed by atoms with E-state index in [9.17, 15) is 13.6 Å². The van der Waals surface area contributed by atoms with Gasteiger partial charge in [0, 0.05) is 6.04 Å². The Labute approximate surface area is 105 Å². The molecule has 2 atom stereocenters. The lowest BCUT2D eigenvalue weighted by Crippen LogP contribution is -2.53. The summed E-state index contributed by atoms with van der Waals surface area (Å²) < 4.78 is 26.1. The Morgan fingerprint density at radius 2 is 2.06 bits per heavy atom. The average Bonchev–Trinajstić information content (AvgIpc) is 2.31. The predicted molar refractivity (Wildman–Crippen MR) is 65.8 cm³/mol. The Bertz CT molecular complexity index is 451. The van der Waals surface area contributed by atoms with Crippen LogP contribution in [-0.4, -0.2) is 11.9 Å². The summed E-state index contributed by atoms with van der Waals surface area (Å²) in [4.78, 5) is 11.6. The lowest BCUT2D eigenvalue weighted by Gasteiger charge is -2.31. The fraction of sp³-hybridized carbons (Fsp3) is 0.462. The summed E-state index contributed by atoms with van der Waals surface area (Å²) in [5.74, 6) is -2.58. The van der Waals surface area contributed by atoms with E-state index in [0.29, 0.717) is 5.56 Å². The van der Waals surface area contributed by atoms with Crippen molar-refractivity contribution in [2.75, 3.05) is 0 Å². The maximum absolute atomic E-state index is 13.2. The van der Waals surface area contributed by atoms with Crippen LogP contribution in [0, 0.1) is 11.6 Å². The number of halogens is 2. The summed E-state index contributed by atoms with van der Waals surface area (Å²) in [7, 11) is 0. The molecule has 1 amide bonds. The van der Waals surface area contributed by atoms with Crippen molar-refractivity contribution in [3.63, 3.8) is 0 Å². The molecule has 2 unspecified atom stereocenters. The fourth-order valence-corrected chi connectivity index (χ4v) is 1.70. The summed E-state index contributed by atoms with van der Waals surface area (Å²) in [6.45, 7) is 5.40. The second-order valence-corrected chi connectivity index (χ2v) is 4.57. The standard InChI is InChI=1S/C13H18F2N2O/c1-4-8(2)17-13(3,12(16)18)9-5-6-10(14)11(15)7-9/h5-8,17H,4H2,1-3H3,(H2,16,18). The van der Waals surface area contributed by atoms with Gasteiger partial charge in [-0.2, -0.15) is 0 Å². The molecule has 0 saturated carbocycles. The van der Waals surface area contributed by atoms with E-state index in [4.69, 9.17) is 5.73 Å². The zero-order valence-corrected chi connectivity index (χ0v) is 10.8. The molecule has 0 aliphatic rings. The van der Waals surface area contributed by atoms with Crippen molar-refractivity contribution >= 4 is 5.91 Å². The van der Waals surface area contributed by atoms with Crippen molar-refractivity contribution < 1.29 is 13.6 Å². The largest absolute Gasteiger partial charge is 0.368 e. The van der Waals surface area contributed by atoms with Crippen LogP contribution in [0.5, 0.6) is 0 Å². The van der Waals surface area contributed by atoms with Gasteiger partial charge in [-0.3, -0.25) is 10.1 Å². The molecule has 0 radical (unpaired) electrons. The second kappa shape index (κ2) is 5.44. The smallest absolute Gasteiger partial charge is 0.242 e. The minimum atomic E-state index is -1.22. The highest BCUT2D eigenvalue weighted by molar-refractivity contribution is 5.85. The van der Waals surface area contributed by atoms with Crippen molar-refractivity contribution in [2.45, 2.75) is 38.8 Å². The molecule has 0 fully saturated rings. The quantitative estimate of drug-likeness (QED) is 0.847. The highest BCUT2D eigenvalue weighted by Crippen LogP contribution is 2.23. The van der Waals surface area contributed by atoms with Gasteiger partial charge in [-0.1, -0.05) is 13.0 Å². The third-order valence-corrected chi connectivity index (χ3v) is 3.14. The molecule has 0 aliphatic carbocycles. The number of amides is 1. The summed E-state index contributed by atoms with van der Waals surface area (Å²) >= 11 is 0. The first-order valence-electron chi connectivity index (χ1n) is 5.84. The molecule has 1 aromatic rings. The van der Waals surface area contributed by atoms with E-state index in [1.165, 1.54) is 6.07 Å². The first-order chi connectivity index (χ1) is 8.31. The van der Waals surface area contributed by atoms with Gasteiger partial charge in [0.15, 0.2) is 11.6 Å². The summed E-state index contributed by atoms with van der Waals surface area (Å²) in [5.41, 5.74) is 4.47. The maximum Gasteiger partial charge on any atom is 0.242 e. The molecule has 3 nitrogen and oxygen atoms in total. The SMILES string of the molecule is CCC(C)NC(C)(C(N)=O)c1ccc(F)c(F)c1. The zero-order chi connectivity index (χ0) is 13.9. The summed E-state index contributed by atoms with van der Waals surface area (Å²) in [6.07, 6.45) is 0.784. The minimum absolute atomic E-state index is 0.0237. The van der Waals surface area contributed by atoms with Crippen LogP contribution in [0.3, 0.4) is 0 Å². The molecule has 0 heterocycles. The van der Waals surface area contributed by atoms with Gasteiger partial charge in [0.2, 0.25) is 5.91 Å². The van der Waals surface area contributed by atoms with Gasteiger partial charge in [0.05, 0.1) is 0 Å². The lowest BCUT2D eigenvalue weighted by molar-refractivity contribution is -0.124. The Kier molecular flexibility index (Phi) is 4.40. The van der Waals surface area contributed by atoms with Crippen molar-refractivity contribution in [1.29, 1.82) is 0 Å². The number of carbonyl (C=O) groups excluding carboxylic acids is 1. The van der Waals surface area contributed by atoms with Gasteiger partial charge in [0.25, 0.3) is 0 Å². The number of carbonyl (C=O) groups is 1. The van der Waals surface area contributed by atoms with Crippen LogP contribution >= 0.6 is 0 Å². The zero-order valence-electron chi connectivity index (χ0n) is 10.8. The van der Waals surface area contributed by atoms with Crippen LogP contribution in [0.2, 0.25) is 0 Å². The van der Waals surface area contributed by atoms with E-state index in [0.717, 1.165) is 18.6 Å². The van der Waals surface area contributed by atoms with Gasteiger partial charge in [-0.15, -0.1) is 0 Å². The number of nitrogens with two attached hydrogens (primary N) is 1. The van der Waals surface area contributed by atoms with E-state index in [1.807, 2.05) is 13.8 Å². The van der Waals surface area contributed by atoms with Gasteiger partial charge in [-0.05, 0) is 38.0 Å². The van der Waals surface area contributed by atoms with Crippen LogP contribution in [0.4, 0.5) is 8.78 Å². The monoisotopic (exact) mass is 256 g/mol. The van der Waals surface area contributed by atoms with Crippen molar-refractivity contribution in [2.24, 2.45) is 5.73 Å². The molecular formula is C13H18F2N2O. The molecule has 0 saturated heterocycles. The molecule has 0 aromatic heterocycles. The fourth-order valence-electron chi connectivity index (χ4n) is 1.70. The Morgan fingerprint density at radius 3 is 2.50 bits per heavy atom. The molecule has 100 valence electrons. The third kappa shape index (κ3) is 2.85. The number of hydrogen-bond donors (Lipinski definition) is 2. The lowest BCUT2D eigenvalue weighted by atomic mass is 9.90. The topological polar surface area (TPSA) is 55.1 Å². The molecular weight excluding hydrogens is 238 g/mol. The van der Waals surface area contributed by atoms with Crippen LogP contribution in [0.15, 0.2) is 18.2 Å². The number of hydrogen-bond acceptors (Lipinski definition) is 2. The van der Waals surface area contributed by atoms with Crippen LogP contribution < -0.4 is 11.1 Å². The van der Waals surface area contributed by atoms with E-state index < -0.39 is 23.1 Å². The molecule has 0 aliphatic heterocycles. The highest BCUT2D eigenvalue weighted by atomic mass is 19.2. The third-order valence-electron chi connectivity index (χ3n) is 3.14. The molecule has 5 heteroatoms. The first kappa shape index (κ1) is 14.6. The average molecular weight is 256 g/mol. The summed E-state index contributed by atoms with van der Waals surface area (Å²) in [5, 5.41) is 3.04. The van der Waals surface area contributed by atoms with Crippen molar-refractivity contribution in [3.05, 3.63) is 35.4 Å². The Hall–Kier alpha value is -1.49. The maximum atomic E-state index is 13.2. The first-order valence-corrected chi connectivity index (χ1v) is 5.84. The van der Waals surface area contributed by atoms with E-state index in [2.05, 4.69) is 5.32 Å². The van der Waals surface area contributed by atoms with E-state index in [-0.39, 0.29) is 6.04 Å². The molecule has 18 heavy (non-hydrogen) atoms. The summed E-state index contributed by atoms with van der Waals surface area (Å²) in [6, 6.07) is 3.37. The van der Waals surface area contributed by atoms with Crippen LogP contribution in [0.25, 0.3) is 0 Å². The number of primary amides is 1. The Balaban J connectivity index is 3.18. The normalized spacial score (nSPS) is 16.1. The second-order valence-electron chi connectivity index (χ2n) is 4.57. The van der Waals surface area contributed by atoms with Gasteiger partial charge in [0.1, 0.15) is 5.54 Å². The Morgan fingerprint density at radius 1 is 1.44 bits per heavy atom. The number of benzene rings is 1. The molecule has 0 spiro atoms. The molecule has 3 N–H and O–H groups in total. The van der Waals surface area contributed by atoms with Gasteiger partial charge < -0.3 is 5.73 Å². The minimum Gasteiger partial charge on any atom is -0.368 e. The highest BCUT2D eigenvalue weighted by Gasteiger charge is 2.34. The number of nitrogens with one attached hydrogen (secondary N) is 1. The van der Waals surface area contributed by atoms with Crippen molar-refractivity contribution in [3.8, 4) is 0 Å². The van der Waals surface area contributed by atoms with Crippen molar-refractivity contribution in [1.82, 2.24) is 5.32 Å². The van der Waals surface area contributed by atoms with Crippen LogP contribution in [-0.2, 0) is 10.3 Å². The van der Waals surface area contributed by atoms with E-state index in [1.54, 1.807) is 6.92 Å². The van der Waals surface area contributed by atoms with Crippen LogP contribution in [0.1, 0.15) is 32.8 Å². The van der Waals surface area contributed by atoms with Gasteiger partial charge >= 0.3 is 0 Å². The molecule has 1 aromatic carbocycles. The molecule has 1 rings (SSSR count).